The fourth-order valence-electron chi connectivity index (χ4n) is 3.55. The zero-order valence-electron chi connectivity index (χ0n) is 21.3. The van der Waals surface area contributed by atoms with Crippen LogP contribution in [-0.4, -0.2) is 98.3 Å². The van der Waals surface area contributed by atoms with Crippen LogP contribution in [0.5, 0.6) is 11.5 Å². The molecule has 2 N–H and O–H groups in total. The molecule has 2 rings (SSSR count). The Kier molecular flexibility index (Phi) is 18.9. The summed E-state index contributed by atoms with van der Waals surface area (Å²) in [6, 6.07) is 12.1. The molecule has 0 aromatic heterocycles. The van der Waals surface area contributed by atoms with Crippen molar-refractivity contribution in [3.05, 3.63) is 48.5 Å². The van der Waals surface area contributed by atoms with Gasteiger partial charge >= 0.3 is 0 Å². The minimum absolute atomic E-state index is 0. The van der Waals surface area contributed by atoms with E-state index in [2.05, 4.69) is 0 Å². The maximum atomic E-state index is 11.3. The van der Waals surface area contributed by atoms with E-state index >= 15 is 0 Å². The molecule has 0 heterocycles. The molecule has 36 heavy (non-hydrogen) atoms. The van der Waals surface area contributed by atoms with Crippen molar-refractivity contribution in [2.45, 2.75) is 74.0 Å². The Labute approximate surface area is 259 Å². The summed E-state index contributed by atoms with van der Waals surface area (Å²) in [5.74, 6) is 0.357. The third-order valence-corrected chi connectivity index (χ3v) is 7.09. The number of hydrogen-bond donors (Lipinski definition) is 2. The van der Waals surface area contributed by atoms with Crippen LogP contribution < -0.4 is 9.47 Å². The molecule has 8 nitrogen and oxygen atoms in total. The van der Waals surface area contributed by atoms with E-state index in [1.54, 1.807) is 12.1 Å². The first-order valence-corrected chi connectivity index (χ1v) is 14.5. The standard InChI is InChI=1S/C24H34O8S2.2Na/c25-33(26,27)23-17-11-9-15-21(23)31-19-13-7-5-3-1-2-4-6-8-14-20-32-22-16-10-12-18-24(22)34(28,29)30;;/h9-12,15-18H,1-8,13-14,19-20H2,(H,25,26,27)(H,28,29,30);;. The van der Waals surface area contributed by atoms with E-state index in [1.807, 2.05) is 0 Å². The molecular weight excluding hydrogens is 526 g/mol. The van der Waals surface area contributed by atoms with Crippen LogP contribution in [0.15, 0.2) is 58.3 Å². The minimum Gasteiger partial charge on any atom is -0.492 e. The molecule has 0 saturated carbocycles. The summed E-state index contributed by atoms with van der Waals surface area (Å²) in [6.07, 6.45) is 10.4. The van der Waals surface area contributed by atoms with Gasteiger partial charge in [-0.2, -0.15) is 16.8 Å². The molecule has 0 aliphatic rings. The monoisotopic (exact) mass is 560 g/mol. The van der Waals surface area contributed by atoms with Crippen molar-refractivity contribution in [2.24, 2.45) is 0 Å². The minimum atomic E-state index is -4.28. The average Bonchev–Trinajstić information content (AvgIpc) is 2.78. The summed E-state index contributed by atoms with van der Waals surface area (Å²) in [6.45, 7) is 0.812. The second kappa shape index (κ2) is 19.0. The molecule has 0 bridgehead atoms. The zero-order valence-corrected chi connectivity index (χ0v) is 26.9. The molecule has 2 aromatic carbocycles. The quantitative estimate of drug-likeness (QED) is 0.161. The van der Waals surface area contributed by atoms with Gasteiger partial charge in [-0.15, -0.1) is 0 Å². The van der Waals surface area contributed by atoms with E-state index in [0.717, 1.165) is 64.2 Å². The molecule has 0 fully saturated rings. The van der Waals surface area contributed by atoms with Crippen LogP contribution in [0, 0.1) is 0 Å². The zero-order chi connectivity index (χ0) is 24.9. The van der Waals surface area contributed by atoms with Crippen LogP contribution in [0.25, 0.3) is 0 Å². The summed E-state index contributed by atoms with van der Waals surface area (Å²) < 4.78 is 74.8. The number of hydrogen-bond acceptors (Lipinski definition) is 6. The smallest absolute Gasteiger partial charge is 0.298 e. The SMILES string of the molecule is O=S(=O)(O)c1ccccc1OCCCCCCCCCCCCOc1ccccc1S(=O)(=O)O.[Na].[Na]. The van der Waals surface area contributed by atoms with Gasteiger partial charge in [-0.25, -0.2) is 0 Å². The van der Waals surface area contributed by atoms with E-state index in [9.17, 15) is 25.9 Å². The molecule has 0 amide bonds. The molecule has 12 heteroatoms. The van der Waals surface area contributed by atoms with Crippen LogP contribution in [0.1, 0.15) is 64.2 Å². The van der Waals surface area contributed by atoms with Crippen molar-refractivity contribution in [1.29, 1.82) is 0 Å². The largest absolute Gasteiger partial charge is 0.492 e. The first-order valence-electron chi connectivity index (χ1n) is 11.6. The fourth-order valence-corrected chi connectivity index (χ4v) is 4.81. The number of unbranched alkanes of at least 4 members (excludes halogenated alkanes) is 9. The number of benzene rings is 2. The van der Waals surface area contributed by atoms with E-state index in [-0.39, 0.29) is 80.4 Å². The normalized spacial score (nSPS) is 11.3. The summed E-state index contributed by atoms with van der Waals surface area (Å²) in [7, 11) is -8.57. The Hall–Kier alpha value is -0.140. The molecule has 0 aliphatic carbocycles. The molecule has 0 unspecified atom stereocenters. The molecule has 192 valence electrons. The molecule has 0 saturated heterocycles. The second-order valence-corrected chi connectivity index (χ2v) is 10.9. The Balaban J connectivity index is 0.00000612. The van der Waals surface area contributed by atoms with Crippen molar-refractivity contribution in [2.75, 3.05) is 13.2 Å². The predicted octanol–water partition coefficient (Wildman–Crippen LogP) is 4.78. The van der Waals surface area contributed by atoms with Gasteiger partial charge in [0.05, 0.1) is 13.2 Å². The van der Waals surface area contributed by atoms with Gasteiger partial charge in [0.1, 0.15) is 21.3 Å². The van der Waals surface area contributed by atoms with Crippen molar-refractivity contribution < 1.29 is 35.4 Å². The second-order valence-electron chi connectivity index (χ2n) is 8.08. The molecule has 2 radical (unpaired) electrons. The molecule has 0 aliphatic heterocycles. The van der Waals surface area contributed by atoms with Crippen molar-refractivity contribution in [3.63, 3.8) is 0 Å². The number of rotatable bonds is 17. The van der Waals surface area contributed by atoms with Gasteiger partial charge in [0, 0.05) is 59.1 Å². The average molecular weight is 561 g/mol. The molecule has 2 aromatic rings. The summed E-state index contributed by atoms with van der Waals surface area (Å²) >= 11 is 0. The molecule has 0 spiro atoms. The first-order chi connectivity index (χ1) is 16.2. The Morgan fingerprint density at radius 1 is 0.500 bits per heavy atom. The van der Waals surface area contributed by atoms with Crippen LogP contribution in [0.4, 0.5) is 0 Å². The van der Waals surface area contributed by atoms with Crippen molar-refractivity contribution in [1.82, 2.24) is 0 Å². The van der Waals surface area contributed by atoms with Crippen LogP contribution in [0.2, 0.25) is 0 Å². The van der Waals surface area contributed by atoms with Gasteiger partial charge in [-0.3, -0.25) is 9.11 Å². The number of para-hydroxylation sites is 2. The van der Waals surface area contributed by atoms with Gasteiger partial charge in [0.25, 0.3) is 20.2 Å². The third-order valence-electron chi connectivity index (χ3n) is 5.31. The van der Waals surface area contributed by atoms with Gasteiger partial charge in [-0.1, -0.05) is 75.6 Å². The van der Waals surface area contributed by atoms with Crippen molar-refractivity contribution in [3.8, 4) is 11.5 Å². The van der Waals surface area contributed by atoms with Gasteiger partial charge < -0.3 is 9.47 Å². The Morgan fingerprint density at radius 2 is 0.778 bits per heavy atom. The van der Waals surface area contributed by atoms with E-state index in [1.165, 1.54) is 36.4 Å². The van der Waals surface area contributed by atoms with E-state index < -0.39 is 20.2 Å². The van der Waals surface area contributed by atoms with Gasteiger partial charge in [0.2, 0.25) is 0 Å². The fraction of sp³-hybridized carbons (Fsp3) is 0.500. The van der Waals surface area contributed by atoms with E-state index in [0.29, 0.717) is 13.2 Å². The Bertz CT molecular complexity index is 1010. The summed E-state index contributed by atoms with van der Waals surface area (Å²) in [5.41, 5.74) is 0. The van der Waals surface area contributed by atoms with Crippen LogP contribution >= 0.6 is 0 Å². The topological polar surface area (TPSA) is 127 Å². The third kappa shape index (κ3) is 14.1. The molecular formula is C24H34Na2O8S2. The van der Waals surface area contributed by atoms with Gasteiger partial charge in [-0.05, 0) is 37.1 Å². The van der Waals surface area contributed by atoms with Crippen LogP contribution in [0.3, 0.4) is 0 Å². The van der Waals surface area contributed by atoms with Gasteiger partial charge in [0.15, 0.2) is 0 Å². The maximum absolute atomic E-state index is 11.3. The van der Waals surface area contributed by atoms with Crippen molar-refractivity contribution >= 4 is 79.4 Å². The summed E-state index contributed by atoms with van der Waals surface area (Å²) in [4.78, 5) is -0.408. The number of ether oxygens (including phenoxy) is 2. The maximum Gasteiger partial charge on any atom is 0.298 e. The predicted molar refractivity (Wildman–Crippen MR) is 141 cm³/mol. The summed E-state index contributed by atoms with van der Waals surface area (Å²) in [5, 5.41) is 0. The first kappa shape index (κ1) is 35.9. The molecule has 0 atom stereocenters. The van der Waals surface area contributed by atoms with E-state index in [4.69, 9.17) is 9.47 Å². The van der Waals surface area contributed by atoms with Crippen LogP contribution in [-0.2, 0) is 20.2 Å². The Morgan fingerprint density at radius 3 is 1.08 bits per heavy atom.